The Bertz CT molecular complexity index is 848. The number of guanidine groups is 1. The molecule has 8 nitrogen and oxygen atoms in total. The molecule has 0 spiro atoms. The Morgan fingerprint density at radius 2 is 2.20 bits per heavy atom. The number of ether oxygens (including phenoxy) is 2. The predicted molar refractivity (Wildman–Crippen MR) is 129 cm³/mol. The zero-order valence-electron chi connectivity index (χ0n) is 17.0. The standard InChI is InChI=1S/C19H26Cl2N6O2.HI/c1-22-19(23-8-3-9-29-16-6-4-13(20)10-15(16)21)24-14-5-7-18-25-17(12-28-2)26-27(18)11-14;/h4,6,10,14H,3,5,7-9,11-12H2,1-2H3,(H2,22,23,24);1H. The van der Waals surface area contributed by atoms with E-state index >= 15 is 0 Å². The molecule has 1 unspecified atom stereocenters. The lowest BCUT2D eigenvalue weighted by atomic mass is 10.1. The molecule has 2 heterocycles. The van der Waals surface area contributed by atoms with Gasteiger partial charge < -0.3 is 20.1 Å². The lowest BCUT2D eigenvalue weighted by Crippen LogP contribution is -2.47. The molecule has 0 saturated carbocycles. The molecule has 1 aliphatic rings. The maximum atomic E-state index is 6.11. The summed E-state index contributed by atoms with van der Waals surface area (Å²) in [5.74, 6) is 3.14. The molecular formula is C19H27Cl2IN6O2. The van der Waals surface area contributed by atoms with E-state index in [0.29, 0.717) is 29.0 Å². The van der Waals surface area contributed by atoms with Crippen molar-refractivity contribution < 1.29 is 9.47 Å². The van der Waals surface area contributed by atoms with Crippen LogP contribution in [-0.2, 0) is 24.3 Å². The first-order valence-corrected chi connectivity index (χ1v) is 10.3. The fourth-order valence-electron chi connectivity index (χ4n) is 3.11. The number of methoxy groups -OCH3 is 1. The Balaban J connectivity index is 0.00000320. The second-order valence-corrected chi connectivity index (χ2v) is 7.56. The van der Waals surface area contributed by atoms with Crippen LogP contribution in [-0.4, -0.2) is 54.1 Å². The molecule has 11 heteroatoms. The summed E-state index contributed by atoms with van der Waals surface area (Å²) in [4.78, 5) is 8.81. The third-order valence-corrected chi connectivity index (χ3v) is 5.04. The van der Waals surface area contributed by atoms with Gasteiger partial charge >= 0.3 is 0 Å². The molecule has 0 bridgehead atoms. The van der Waals surface area contributed by atoms with Crippen molar-refractivity contribution in [3.63, 3.8) is 0 Å². The fourth-order valence-corrected chi connectivity index (χ4v) is 3.57. The quantitative estimate of drug-likeness (QED) is 0.220. The predicted octanol–water partition coefficient (Wildman–Crippen LogP) is 3.30. The van der Waals surface area contributed by atoms with Crippen LogP contribution in [0.1, 0.15) is 24.5 Å². The van der Waals surface area contributed by atoms with Gasteiger partial charge in [-0.3, -0.25) is 4.99 Å². The van der Waals surface area contributed by atoms with Crippen LogP contribution in [0.2, 0.25) is 10.0 Å². The second kappa shape index (κ2) is 12.5. The molecule has 2 aromatic rings. The zero-order chi connectivity index (χ0) is 20.6. The zero-order valence-corrected chi connectivity index (χ0v) is 20.9. The number of aliphatic imine (C=N–C) groups is 1. The Morgan fingerprint density at radius 1 is 1.37 bits per heavy atom. The molecule has 30 heavy (non-hydrogen) atoms. The van der Waals surface area contributed by atoms with Crippen LogP contribution in [0.4, 0.5) is 0 Å². The summed E-state index contributed by atoms with van der Waals surface area (Å²) in [5, 5.41) is 12.4. The van der Waals surface area contributed by atoms with Crippen LogP contribution in [0.5, 0.6) is 5.75 Å². The maximum Gasteiger partial charge on any atom is 0.191 e. The maximum absolute atomic E-state index is 6.11. The highest BCUT2D eigenvalue weighted by Crippen LogP contribution is 2.27. The average Bonchev–Trinajstić information content (AvgIpc) is 3.10. The van der Waals surface area contributed by atoms with E-state index in [1.54, 1.807) is 32.4 Å². The molecule has 1 aliphatic heterocycles. The summed E-state index contributed by atoms with van der Waals surface area (Å²) in [6.07, 6.45) is 2.66. The summed E-state index contributed by atoms with van der Waals surface area (Å²) in [5.41, 5.74) is 0. The van der Waals surface area contributed by atoms with Crippen LogP contribution in [0.25, 0.3) is 0 Å². The third-order valence-electron chi connectivity index (χ3n) is 4.50. The Morgan fingerprint density at radius 3 is 2.93 bits per heavy atom. The number of halogens is 3. The van der Waals surface area contributed by atoms with Crippen molar-refractivity contribution in [3.8, 4) is 5.75 Å². The molecule has 0 fully saturated rings. The van der Waals surface area contributed by atoms with Crippen molar-refractivity contribution in [2.75, 3.05) is 27.3 Å². The molecule has 1 aromatic carbocycles. The van der Waals surface area contributed by atoms with Gasteiger partial charge in [-0.15, -0.1) is 24.0 Å². The first kappa shape index (κ1) is 25.0. The summed E-state index contributed by atoms with van der Waals surface area (Å²) in [6.45, 7) is 2.46. The molecule has 2 N–H and O–H groups in total. The fraction of sp³-hybridized carbons (Fsp3) is 0.526. The van der Waals surface area contributed by atoms with Gasteiger partial charge in [-0.25, -0.2) is 9.67 Å². The Hall–Kier alpha value is -1.30. The highest BCUT2D eigenvalue weighted by molar-refractivity contribution is 14.0. The smallest absolute Gasteiger partial charge is 0.191 e. The van der Waals surface area contributed by atoms with E-state index in [4.69, 9.17) is 32.7 Å². The van der Waals surface area contributed by atoms with E-state index in [1.807, 2.05) is 4.68 Å². The van der Waals surface area contributed by atoms with Crippen LogP contribution in [0, 0.1) is 0 Å². The summed E-state index contributed by atoms with van der Waals surface area (Å²) < 4.78 is 12.8. The van der Waals surface area contributed by atoms with Gasteiger partial charge in [0, 0.05) is 38.2 Å². The minimum Gasteiger partial charge on any atom is -0.492 e. The number of benzene rings is 1. The van der Waals surface area contributed by atoms with E-state index < -0.39 is 0 Å². The Kier molecular flexibility index (Phi) is 10.4. The van der Waals surface area contributed by atoms with Crippen molar-refractivity contribution in [2.45, 2.75) is 38.5 Å². The van der Waals surface area contributed by atoms with E-state index in [2.05, 4.69) is 25.7 Å². The number of nitrogens with one attached hydrogen (secondary N) is 2. The van der Waals surface area contributed by atoms with Crippen molar-refractivity contribution in [1.82, 2.24) is 25.4 Å². The molecule has 0 aliphatic carbocycles. The summed E-state index contributed by atoms with van der Waals surface area (Å²) in [6, 6.07) is 5.45. The summed E-state index contributed by atoms with van der Waals surface area (Å²) in [7, 11) is 3.41. The highest BCUT2D eigenvalue weighted by Gasteiger charge is 2.22. The van der Waals surface area contributed by atoms with Gasteiger partial charge in [0.2, 0.25) is 0 Å². The van der Waals surface area contributed by atoms with Gasteiger partial charge in [0.1, 0.15) is 18.2 Å². The van der Waals surface area contributed by atoms with Gasteiger partial charge in [-0.1, -0.05) is 23.2 Å². The lowest BCUT2D eigenvalue weighted by molar-refractivity contribution is 0.177. The first-order valence-electron chi connectivity index (χ1n) is 9.55. The number of nitrogens with zero attached hydrogens (tertiary/aromatic N) is 4. The number of aryl methyl sites for hydroxylation is 1. The molecular weight excluding hydrogens is 542 g/mol. The van der Waals surface area contributed by atoms with Gasteiger partial charge in [-0.05, 0) is 31.0 Å². The van der Waals surface area contributed by atoms with Crippen molar-refractivity contribution in [2.24, 2.45) is 4.99 Å². The molecule has 0 amide bonds. The number of fused-ring (bicyclic) bond motifs is 1. The molecule has 0 radical (unpaired) electrons. The molecule has 1 atom stereocenters. The van der Waals surface area contributed by atoms with Crippen LogP contribution in [0.3, 0.4) is 0 Å². The minimum atomic E-state index is 0. The van der Waals surface area contributed by atoms with Crippen molar-refractivity contribution in [1.29, 1.82) is 0 Å². The Labute approximate surface area is 203 Å². The van der Waals surface area contributed by atoms with Gasteiger partial charge in [0.15, 0.2) is 11.8 Å². The van der Waals surface area contributed by atoms with Gasteiger partial charge in [0.05, 0.1) is 18.2 Å². The van der Waals surface area contributed by atoms with Crippen molar-refractivity contribution >= 4 is 53.1 Å². The van der Waals surface area contributed by atoms with E-state index in [0.717, 1.165) is 50.0 Å². The molecule has 1 aromatic heterocycles. The normalized spacial score (nSPS) is 15.9. The largest absolute Gasteiger partial charge is 0.492 e. The molecule has 166 valence electrons. The second-order valence-electron chi connectivity index (χ2n) is 6.72. The average molecular weight is 569 g/mol. The first-order chi connectivity index (χ1) is 14.1. The minimum absolute atomic E-state index is 0. The van der Waals surface area contributed by atoms with Crippen LogP contribution < -0.4 is 15.4 Å². The lowest BCUT2D eigenvalue weighted by Gasteiger charge is -2.25. The SMILES string of the molecule is CN=C(NCCCOc1ccc(Cl)cc1Cl)NC1CCc2nc(COC)nn2C1.I. The van der Waals surface area contributed by atoms with E-state index in [-0.39, 0.29) is 30.0 Å². The summed E-state index contributed by atoms with van der Waals surface area (Å²) >= 11 is 12.0. The number of hydrogen-bond acceptors (Lipinski definition) is 5. The monoisotopic (exact) mass is 568 g/mol. The molecule has 3 rings (SSSR count). The van der Waals surface area contributed by atoms with Crippen LogP contribution in [0.15, 0.2) is 23.2 Å². The highest BCUT2D eigenvalue weighted by atomic mass is 127. The third kappa shape index (κ3) is 7.14. The molecule has 0 saturated heterocycles. The number of hydrogen-bond donors (Lipinski definition) is 2. The van der Waals surface area contributed by atoms with Crippen molar-refractivity contribution in [3.05, 3.63) is 39.9 Å². The van der Waals surface area contributed by atoms with Gasteiger partial charge in [0.25, 0.3) is 0 Å². The van der Waals surface area contributed by atoms with E-state index in [1.165, 1.54) is 0 Å². The number of aromatic nitrogens is 3. The number of rotatable bonds is 8. The van der Waals surface area contributed by atoms with Gasteiger partial charge in [-0.2, -0.15) is 5.10 Å². The topological polar surface area (TPSA) is 85.6 Å². The van der Waals surface area contributed by atoms with E-state index in [9.17, 15) is 0 Å². The van der Waals surface area contributed by atoms with Crippen LogP contribution >= 0.6 is 47.2 Å².